The standard InChI is InChI=1S/C13H26N4O/c1-2-15-8-10-16(11-9-15)12-13(18)17-6-3-4-14-5-7-17/h14H,2-12H2,1H3. The van der Waals surface area contributed by atoms with Gasteiger partial charge in [-0.15, -0.1) is 0 Å². The zero-order valence-electron chi connectivity index (χ0n) is 11.5. The first kappa shape index (κ1) is 13.8. The summed E-state index contributed by atoms with van der Waals surface area (Å²) >= 11 is 0. The summed E-state index contributed by atoms with van der Waals surface area (Å²) in [6.07, 6.45) is 1.08. The van der Waals surface area contributed by atoms with Gasteiger partial charge in [-0.05, 0) is 19.5 Å². The van der Waals surface area contributed by atoms with E-state index in [0.717, 1.165) is 65.3 Å². The molecule has 2 rings (SSSR count). The molecular weight excluding hydrogens is 228 g/mol. The minimum Gasteiger partial charge on any atom is -0.340 e. The van der Waals surface area contributed by atoms with Crippen molar-refractivity contribution < 1.29 is 4.79 Å². The van der Waals surface area contributed by atoms with E-state index in [-0.39, 0.29) is 0 Å². The number of carbonyl (C=O) groups is 1. The maximum atomic E-state index is 12.2. The van der Waals surface area contributed by atoms with Gasteiger partial charge in [-0.1, -0.05) is 6.92 Å². The maximum absolute atomic E-state index is 12.2. The van der Waals surface area contributed by atoms with Crippen molar-refractivity contribution in [3.63, 3.8) is 0 Å². The molecule has 0 aromatic heterocycles. The van der Waals surface area contributed by atoms with Crippen LogP contribution in [0.4, 0.5) is 0 Å². The van der Waals surface area contributed by atoms with Gasteiger partial charge in [0, 0.05) is 45.8 Å². The minimum atomic E-state index is 0.309. The third-order valence-electron chi connectivity index (χ3n) is 3.96. The molecule has 2 fully saturated rings. The van der Waals surface area contributed by atoms with Crippen LogP contribution in [0, 0.1) is 0 Å². The van der Waals surface area contributed by atoms with E-state index in [2.05, 4.69) is 22.0 Å². The lowest BCUT2D eigenvalue weighted by Gasteiger charge is -2.34. The number of nitrogens with one attached hydrogen (secondary N) is 1. The highest BCUT2D eigenvalue weighted by Crippen LogP contribution is 2.03. The van der Waals surface area contributed by atoms with Crippen LogP contribution in [0.2, 0.25) is 0 Å². The van der Waals surface area contributed by atoms with E-state index in [1.807, 2.05) is 4.90 Å². The summed E-state index contributed by atoms with van der Waals surface area (Å²) in [5.41, 5.74) is 0. The number of nitrogens with zero attached hydrogens (tertiary/aromatic N) is 3. The summed E-state index contributed by atoms with van der Waals surface area (Å²) in [7, 11) is 0. The quantitative estimate of drug-likeness (QED) is 0.733. The zero-order chi connectivity index (χ0) is 12.8. The van der Waals surface area contributed by atoms with Crippen molar-refractivity contribution in [1.29, 1.82) is 0 Å². The monoisotopic (exact) mass is 254 g/mol. The molecular formula is C13H26N4O. The van der Waals surface area contributed by atoms with Crippen LogP contribution in [0.1, 0.15) is 13.3 Å². The molecule has 2 aliphatic heterocycles. The Morgan fingerprint density at radius 2 is 1.72 bits per heavy atom. The number of piperazine rings is 1. The molecule has 2 saturated heterocycles. The third-order valence-corrected chi connectivity index (χ3v) is 3.96. The predicted octanol–water partition coefficient (Wildman–Crippen LogP) is -0.554. The Bertz CT molecular complexity index is 256. The molecule has 0 bridgehead atoms. The molecule has 0 unspecified atom stereocenters. The number of rotatable bonds is 3. The van der Waals surface area contributed by atoms with E-state index < -0.39 is 0 Å². The first-order valence-corrected chi connectivity index (χ1v) is 7.23. The lowest BCUT2D eigenvalue weighted by Crippen LogP contribution is -2.50. The number of hydrogen-bond acceptors (Lipinski definition) is 4. The lowest BCUT2D eigenvalue weighted by molar-refractivity contribution is -0.132. The van der Waals surface area contributed by atoms with Crippen molar-refractivity contribution in [3.8, 4) is 0 Å². The third kappa shape index (κ3) is 3.93. The number of carbonyl (C=O) groups excluding carboxylic acids is 1. The van der Waals surface area contributed by atoms with Crippen LogP contribution in [0.5, 0.6) is 0 Å². The number of likely N-dealkylation sites (N-methyl/N-ethyl adjacent to an activating group) is 1. The van der Waals surface area contributed by atoms with Gasteiger partial charge in [0.15, 0.2) is 0 Å². The Morgan fingerprint density at radius 3 is 2.44 bits per heavy atom. The summed E-state index contributed by atoms with van der Waals surface area (Å²) < 4.78 is 0. The molecule has 0 aromatic carbocycles. The number of hydrogen-bond donors (Lipinski definition) is 1. The molecule has 18 heavy (non-hydrogen) atoms. The summed E-state index contributed by atoms with van der Waals surface area (Å²) in [5.74, 6) is 0.309. The van der Waals surface area contributed by atoms with Crippen LogP contribution in [0.15, 0.2) is 0 Å². The average Bonchev–Trinajstić information content (AvgIpc) is 2.68. The molecule has 2 heterocycles. The molecule has 1 amide bonds. The Morgan fingerprint density at radius 1 is 1.00 bits per heavy atom. The van der Waals surface area contributed by atoms with Gasteiger partial charge in [-0.25, -0.2) is 0 Å². The largest absolute Gasteiger partial charge is 0.340 e. The van der Waals surface area contributed by atoms with E-state index >= 15 is 0 Å². The highest BCUT2D eigenvalue weighted by atomic mass is 16.2. The molecule has 0 atom stereocenters. The highest BCUT2D eigenvalue weighted by molar-refractivity contribution is 5.78. The fourth-order valence-electron chi connectivity index (χ4n) is 2.65. The lowest BCUT2D eigenvalue weighted by atomic mass is 10.3. The molecule has 104 valence electrons. The Labute approximate surface area is 110 Å². The molecule has 2 aliphatic rings. The topological polar surface area (TPSA) is 38.8 Å². The van der Waals surface area contributed by atoms with Gasteiger partial charge in [-0.2, -0.15) is 0 Å². The Kier molecular flexibility index (Phi) is 5.41. The molecule has 0 aromatic rings. The zero-order valence-corrected chi connectivity index (χ0v) is 11.5. The maximum Gasteiger partial charge on any atom is 0.236 e. The number of amides is 1. The van der Waals surface area contributed by atoms with E-state index in [1.165, 1.54) is 0 Å². The smallest absolute Gasteiger partial charge is 0.236 e. The van der Waals surface area contributed by atoms with Crippen molar-refractivity contribution in [2.45, 2.75) is 13.3 Å². The van der Waals surface area contributed by atoms with Gasteiger partial charge in [0.25, 0.3) is 0 Å². The van der Waals surface area contributed by atoms with E-state index in [0.29, 0.717) is 12.5 Å². The fourth-order valence-corrected chi connectivity index (χ4v) is 2.65. The molecule has 1 N–H and O–H groups in total. The molecule has 5 nitrogen and oxygen atoms in total. The van der Waals surface area contributed by atoms with Crippen molar-refractivity contribution in [2.24, 2.45) is 0 Å². The van der Waals surface area contributed by atoms with Crippen LogP contribution in [-0.4, -0.2) is 86.1 Å². The fraction of sp³-hybridized carbons (Fsp3) is 0.923. The Balaban J connectivity index is 1.73. The van der Waals surface area contributed by atoms with Gasteiger partial charge < -0.3 is 15.1 Å². The van der Waals surface area contributed by atoms with Crippen molar-refractivity contribution >= 4 is 5.91 Å². The second kappa shape index (κ2) is 7.07. The minimum absolute atomic E-state index is 0.309. The second-order valence-electron chi connectivity index (χ2n) is 5.19. The van der Waals surface area contributed by atoms with Gasteiger partial charge >= 0.3 is 0 Å². The van der Waals surface area contributed by atoms with Gasteiger partial charge in [0.1, 0.15) is 0 Å². The summed E-state index contributed by atoms with van der Waals surface area (Å²) in [5, 5.41) is 3.33. The van der Waals surface area contributed by atoms with E-state index in [9.17, 15) is 4.79 Å². The van der Waals surface area contributed by atoms with Crippen LogP contribution in [0.3, 0.4) is 0 Å². The molecule has 5 heteroatoms. The van der Waals surface area contributed by atoms with Crippen molar-refractivity contribution in [3.05, 3.63) is 0 Å². The molecule has 0 spiro atoms. The van der Waals surface area contributed by atoms with E-state index in [1.54, 1.807) is 0 Å². The average molecular weight is 254 g/mol. The summed E-state index contributed by atoms with van der Waals surface area (Å²) in [6, 6.07) is 0. The van der Waals surface area contributed by atoms with E-state index in [4.69, 9.17) is 0 Å². The summed E-state index contributed by atoms with van der Waals surface area (Å²) in [6.45, 7) is 12.0. The molecule has 0 saturated carbocycles. The second-order valence-corrected chi connectivity index (χ2v) is 5.19. The van der Waals surface area contributed by atoms with Crippen LogP contribution < -0.4 is 5.32 Å². The SMILES string of the molecule is CCN1CCN(CC(=O)N2CCCNCC2)CC1. The van der Waals surface area contributed by atoms with Crippen LogP contribution in [-0.2, 0) is 4.79 Å². The summed E-state index contributed by atoms with van der Waals surface area (Å²) in [4.78, 5) is 19.0. The van der Waals surface area contributed by atoms with Gasteiger partial charge in [-0.3, -0.25) is 9.69 Å². The Hall–Kier alpha value is -0.650. The van der Waals surface area contributed by atoms with Crippen molar-refractivity contribution in [1.82, 2.24) is 20.0 Å². The first-order valence-electron chi connectivity index (χ1n) is 7.23. The normalized spacial score (nSPS) is 23.9. The highest BCUT2D eigenvalue weighted by Gasteiger charge is 2.21. The molecule has 0 aliphatic carbocycles. The first-order chi connectivity index (χ1) is 8.79. The molecule has 0 radical (unpaired) electrons. The van der Waals surface area contributed by atoms with Crippen LogP contribution >= 0.6 is 0 Å². The van der Waals surface area contributed by atoms with Gasteiger partial charge in [0.05, 0.1) is 6.54 Å². The predicted molar refractivity (Wildman–Crippen MR) is 72.6 cm³/mol. The van der Waals surface area contributed by atoms with Crippen molar-refractivity contribution in [2.75, 3.05) is 65.4 Å². The van der Waals surface area contributed by atoms with Gasteiger partial charge in [0.2, 0.25) is 5.91 Å². The van der Waals surface area contributed by atoms with Crippen LogP contribution in [0.25, 0.3) is 0 Å².